The smallest absolute Gasteiger partial charge is 0.291 e. The molecule has 0 unspecified atom stereocenters. The second-order valence-corrected chi connectivity index (χ2v) is 12.1. The number of imidazole rings is 1. The van der Waals surface area contributed by atoms with Gasteiger partial charge in [0.1, 0.15) is 0 Å². The van der Waals surface area contributed by atoms with Gasteiger partial charge in [-0.3, -0.25) is 4.79 Å². The topological polar surface area (TPSA) is 127 Å². The largest absolute Gasteiger partial charge is 0.481 e. The molecule has 4 aromatic rings. The van der Waals surface area contributed by atoms with Gasteiger partial charge in [-0.15, -0.1) is 0 Å². The molecular weight excluding hydrogens is 617 g/mol. The number of aliphatic hydroxyl groups excluding tert-OH is 1. The SMILES string of the molecule is COc1nc(-c2cccc(-c3cccc(NC(=O)c4nc5c(n4C)CCN(C)C5)c3Cl)c2Cl)ncc1CN[C@@H]1CCOC[C@H]1O. The van der Waals surface area contributed by atoms with E-state index >= 15 is 0 Å². The minimum atomic E-state index is -0.576. The molecule has 45 heavy (non-hydrogen) atoms. The number of aromatic nitrogens is 4. The number of benzene rings is 2. The Hall–Kier alpha value is -3.58. The van der Waals surface area contributed by atoms with Gasteiger partial charge in [-0.25, -0.2) is 9.97 Å². The zero-order chi connectivity index (χ0) is 31.7. The Bertz CT molecular complexity index is 1730. The highest BCUT2D eigenvalue weighted by molar-refractivity contribution is 6.39. The van der Waals surface area contributed by atoms with Gasteiger partial charge in [-0.05, 0) is 25.6 Å². The number of carbonyl (C=O) groups excluding carboxylic acids is 1. The number of hydrogen-bond acceptors (Lipinski definition) is 9. The number of hydrogen-bond donors (Lipinski definition) is 3. The summed E-state index contributed by atoms with van der Waals surface area (Å²) in [5.74, 6) is 0.791. The average molecular weight is 653 g/mol. The quantitative estimate of drug-likeness (QED) is 0.255. The second-order valence-electron chi connectivity index (χ2n) is 11.3. The summed E-state index contributed by atoms with van der Waals surface area (Å²) < 4.78 is 12.8. The van der Waals surface area contributed by atoms with E-state index in [1.54, 1.807) is 19.4 Å². The van der Waals surface area contributed by atoms with Gasteiger partial charge < -0.3 is 34.7 Å². The standard InChI is InChI=1S/C32H35Cl2N7O4/c1-40-12-10-25-24(16-40)37-30(41(25)2)31(43)38-23-9-5-7-20(28(23)34)19-6-4-8-21(27(19)33)29-36-15-18(32(39-29)44-3)14-35-22-11-13-45-17-26(22)42/h4-9,15,22,26,35,42H,10-14,16-17H2,1-3H3,(H,38,43)/t22-,26-/m1/s1. The van der Waals surface area contributed by atoms with Crippen molar-refractivity contribution in [3.05, 3.63) is 75.4 Å². The number of carbonyl (C=O) groups is 1. The van der Waals surface area contributed by atoms with Crippen molar-refractivity contribution >= 4 is 34.8 Å². The summed E-state index contributed by atoms with van der Waals surface area (Å²) >= 11 is 13.9. The number of anilines is 1. The maximum absolute atomic E-state index is 13.3. The third-order valence-electron chi connectivity index (χ3n) is 8.33. The van der Waals surface area contributed by atoms with Crippen molar-refractivity contribution in [3.8, 4) is 28.4 Å². The molecule has 0 spiro atoms. The summed E-state index contributed by atoms with van der Waals surface area (Å²) in [6.45, 7) is 2.95. The van der Waals surface area contributed by atoms with E-state index in [1.165, 1.54) is 0 Å². The minimum Gasteiger partial charge on any atom is -0.481 e. The second kappa shape index (κ2) is 13.4. The van der Waals surface area contributed by atoms with Crippen molar-refractivity contribution in [2.75, 3.05) is 39.2 Å². The van der Waals surface area contributed by atoms with Crippen molar-refractivity contribution in [1.82, 2.24) is 29.7 Å². The number of likely N-dealkylation sites (N-methyl/N-ethyl adjacent to an activating group) is 1. The van der Waals surface area contributed by atoms with E-state index < -0.39 is 6.10 Å². The normalized spacial score (nSPS) is 18.4. The van der Waals surface area contributed by atoms with Gasteiger partial charge in [0.2, 0.25) is 5.88 Å². The Kier molecular flexibility index (Phi) is 9.36. The van der Waals surface area contributed by atoms with E-state index in [0.717, 1.165) is 29.9 Å². The molecule has 1 fully saturated rings. The maximum atomic E-state index is 13.3. The molecule has 6 rings (SSSR count). The summed E-state index contributed by atoms with van der Waals surface area (Å²) in [5, 5.41) is 17.2. The lowest BCUT2D eigenvalue weighted by atomic mass is 10.0. The number of fused-ring (bicyclic) bond motifs is 1. The van der Waals surface area contributed by atoms with Crippen LogP contribution in [0.4, 0.5) is 5.69 Å². The molecule has 0 bridgehead atoms. The van der Waals surface area contributed by atoms with Crippen LogP contribution < -0.4 is 15.4 Å². The van der Waals surface area contributed by atoms with E-state index in [1.807, 2.05) is 49.0 Å². The van der Waals surface area contributed by atoms with E-state index in [2.05, 4.69) is 30.5 Å². The van der Waals surface area contributed by atoms with E-state index in [-0.39, 0.29) is 11.9 Å². The van der Waals surface area contributed by atoms with Crippen LogP contribution >= 0.6 is 23.2 Å². The van der Waals surface area contributed by atoms with Crippen LogP contribution in [0.1, 0.15) is 34.0 Å². The predicted molar refractivity (Wildman–Crippen MR) is 173 cm³/mol. The van der Waals surface area contributed by atoms with Crippen LogP contribution in [-0.2, 0) is 31.3 Å². The molecule has 2 aromatic heterocycles. The molecule has 1 amide bonds. The first-order chi connectivity index (χ1) is 21.7. The monoisotopic (exact) mass is 651 g/mol. The van der Waals surface area contributed by atoms with Crippen LogP contribution in [-0.4, -0.2) is 81.5 Å². The molecule has 2 atom stereocenters. The molecule has 0 radical (unpaired) electrons. The molecule has 3 N–H and O–H groups in total. The number of aliphatic hydroxyl groups is 1. The van der Waals surface area contributed by atoms with E-state index in [4.69, 9.17) is 32.7 Å². The molecule has 13 heteroatoms. The van der Waals surface area contributed by atoms with Gasteiger partial charge in [-0.2, -0.15) is 4.98 Å². The molecule has 11 nitrogen and oxygen atoms in total. The fourth-order valence-corrected chi connectivity index (χ4v) is 6.40. The fraction of sp³-hybridized carbons (Fsp3) is 0.375. The zero-order valence-corrected chi connectivity index (χ0v) is 26.8. The van der Waals surface area contributed by atoms with Crippen LogP contribution in [0.15, 0.2) is 42.6 Å². The van der Waals surface area contributed by atoms with Crippen LogP contribution in [0, 0.1) is 0 Å². The van der Waals surface area contributed by atoms with Crippen molar-refractivity contribution < 1.29 is 19.4 Å². The van der Waals surface area contributed by atoms with Crippen LogP contribution in [0.25, 0.3) is 22.5 Å². The Morgan fingerprint density at radius 1 is 1.11 bits per heavy atom. The van der Waals surface area contributed by atoms with Gasteiger partial charge in [0.25, 0.3) is 5.91 Å². The first-order valence-corrected chi connectivity index (χ1v) is 15.5. The number of nitrogens with zero attached hydrogens (tertiary/aromatic N) is 5. The lowest BCUT2D eigenvalue weighted by Gasteiger charge is -2.28. The average Bonchev–Trinajstić information content (AvgIpc) is 3.37. The first-order valence-electron chi connectivity index (χ1n) is 14.8. The summed E-state index contributed by atoms with van der Waals surface area (Å²) in [5.41, 5.74) is 5.09. The van der Waals surface area contributed by atoms with Gasteiger partial charge >= 0.3 is 0 Å². The Morgan fingerprint density at radius 2 is 1.87 bits per heavy atom. The molecule has 2 aliphatic rings. The van der Waals surface area contributed by atoms with Gasteiger partial charge in [-0.1, -0.05) is 47.5 Å². The molecular formula is C32H35Cl2N7O4. The summed E-state index contributed by atoms with van der Waals surface area (Å²) in [4.78, 5) is 29.4. The number of ether oxygens (including phenoxy) is 2. The summed E-state index contributed by atoms with van der Waals surface area (Å²) in [6, 6.07) is 10.9. The molecule has 0 saturated carbocycles. The maximum Gasteiger partial charge on any atom is 0.291 e. The molecule has 236 valence electrons. The number of nitrogens with one attached hydrogen (secondary N) is 2. The Morgan fingerprint density at radius 3 is 2.64 bits per heavy atom. The van der Waals surface area contributed by atoms with E-state index in [9.17, 15) is 9.90 Å². The Labute approximate surface area is 271 Å². The lowest BCUT2D eigenvalue weighted by molar-refractivity contribution is -0.0281. The van der Waals surface area contributed by atoms with Crippen molar-refractivity contribution in [1.29, 1.82) is 0 Å². The molecule has 0 aliphatic carbocycles. The first kappa shape index (κ1) is 31.4. The van der Waals surface area contributed by atoms with Gasteiger partial charge in [0, 0.05) is 79.9 Å². The van der Waals surface area contributed by atoms with Crippen molar-refractivity contribution in [3.63, 3.8) is 0 Å². The van der Waals surface area contributed by atoms with E-state index in [0.29, 0.717) is 82.7 Å². The van der Waals surface area contributed by atoms with Crippen LogP contribution in [0.5, 0.6) is 5.88 Å². The third kappa shape index (κ3) is 6.42. The number of rotatable bonds is 8. The minimum absolute atomic E-state index is 0.0874. The van der Waals surface area contributed by atoms with Gasteiger partial charge in [0.05, 0.1) is 41.2 Å². The number of amides is 1. The van der Waals surface area contributed by atoms with Crippen molar-refractivity contribution in [2.45, 2.75) is 38.1 Å². The molecule has 2 aromatic carbocycles. The molecule has 2 aliphatic heterocycles. The lowest BCUT2D eigenvalue weighted by Crippen LogP contribution is -2.46. The molecule has 4 heterocycles. The molecule has 1 saturated heterocycles. The van der Waals surface area contributed by atoms with Crippen LogP contribution in [0.3, 0.4) is 0 Å². The predicted octanol–water partition coefficient (Wildman–Crippen LogP) is 4.34. The number of halogens is 2. The fourth-order valence-electron chi connectivity index (χ4n) is 5.81. The summed E-state index contributed by atoms with van der Waals surface area (Å²) in [7, 11) is 5.46. The highest BCUT2D eigenvalue weighted by atomic mass is 35.5. The van der Waals surface area contributed by atoms with Crippen LogP contribution in [0.2, 0.25) is 10.0 Å². The van der Waals surface area contributed by atoms with Gasteiger partial charge in [0.15, 0.2) is 11.6 Å². The van der Waals surface area contributed by atoms with Crippen molar-refractivity contribution in [2.24, 2.45) is 7.05 Å². The number of methoxy groups -OCH3 is 1. The summed E-state index contributed by atoms with van der Waals surface area (Å²) in [6.07, 6.45) is 2.66. The Balaban J connectivity index is 1.24. The zero-order valence-electron chi connectivity index (χ0n) is 25.3. The highest BCUT2D eigenvalue weighted by Crippen LogP contribution is 2.41. The highest BCUT2D eigenvalue weighted by Gasteiger charge is 2.26. The third-order valence-corrected chi connectivity index (χ3v) is 9.14.